The molecule has 2 aromatic heterocycles. The van der Waals surface area contributed by atoms with Crippen LogP contribution in [0.4, 0.5) is 5.82 Å². The number of aryl methyl sites for hydroxylation is 3. The number of aromatic nitrogens is 3. The van der Waals surface area contributed by atoms with Crippen LogP contribution in [0.2, 0.25) is 0 Å². The van der Waals surface area contributed by atoms with Crippen LogP contribution in [0.5, 0.6) is 0 Å². The van der Waals surface area contributed by atoms with Gasteiger partial charge in [-0.15, -0.1) is 0 Å². The number of carbonyl (C=O) groups is 1. The molecule has 0 N–H and O–H groups in total. The highest BCUT2D eigenvalue weighted by atomic mass is 16.6. The molecule has 43 heavy (non-hydrogen) atoms. The van der Waals surface area contributed by atoms with Crippen molar-refractivity contribution in [3.05, 3.63) is 57.9 Å². The van der Waals surface area contributed by atoms with Gasteiger partial charge in [0.2, 0.25) is 0 Å². The van der Waals surface area contributed by atoms with E-state index >= 15 is 0 Å². The van der Waals surface area contributed by atoms with Crippen LogP contribution in [-0.2, 0) is 43.4 Å². The largest absolute Gasteiger partial charge is 0.464 e. The highest BCUT2D eigenvalue weighted by Gasteiger charge is 2.38. The van der Waals surface area contributed by atoms with Crippen LogP contribution in [0.1, 0.15) is 100 Å². The molecule has 3 aliphatic rings. The van der Waals surface area contributed by atoms with Gasteiger partial charge in [-0.1, -0.05) is 23.8 Å². The Morgan fingerprint density at radius 1 is 1.09 bits per heavy atom. The topological polar surface area (TPSA) is 87.4 Å². The predicted octanol–water partition coefficient (Wildman–Crippen LogP) is 6.19. The standard InChI is InChI=1S/C34H48N4O5/c1-8-41-32(39)30(43-33(4,5)6)29-24(3)35-28-20-27-22-40-21-26-13-12-23(2)19-25(26)11-9-10-18-42-34(7)14-16-37(17-15-34)31(29)38(28)36-27/h12-13,19-20,30H,8-11,14-18,21-22H2,1-7H3. The first-order chi connectivity index (χ1) is 20.5. The number of benzene rings is 1. The Hall–Kier alpha value is -3.01. The molecule has 0 spiro atoms. The van der Waals surface area contributed by atoms with Gasteiger partial charge in [0.1, 0.15) is 5.82 Å². The van der Waals surface area contributed by atoms with Crippen molar-refractivity contribution in [2.45, 2.75) is 111 Å². The first-order valence-electron chi connectivity index (χ1n) is 15.7. The fourth-order valence-electron chi connectivity index (χ4n) is 6.11. The normalized spacial score (nSPS) is 18.7. The van der Waals surface area contributed by atoms with Crippen molar-refractivity contribution in [2.24, 2.45) is 0 Å². The molecule has 0 aliphatic carbocycles. The van der Waals surface area contributed by atoms with E-state index in [4.69, 9.17) is 29.0 Å². The molecule has 9 heteroatoms. The molecule has 5 heterocycles. The second-order valence-corrected chi connectivity index (χ2v) is 13.2. The number of ether oxygens (including phenoxy) is 4. The predicted molar refractivity (Wildman–Crippen MR) is 166 cm³/mol. The Bertz CT molecular complexity index is 1430. The molecule has 1 fully saturated rings. The van der Waals surface area contributed by atoms with Crippen molar-refractivity contribution in [3.63, 3.8) is 0 Å². The van der Waals surface area contributed by atoms with E-state index in [-0.39, 0.29) is 12.2 Å². The number of piperidine rings is 1. The van der Waals surface area contributed by atoms with Gasteiger partial charge in [-0.05, 0) is 91.7 Å². The molecular weight excluding hydrogens is 544 g/mol. The van der Waals surface area contributed by atoms with Gasteiger partial charge in [-0.2, -0.15) is 9.61 Å². The van der Waals surface area contributed by atoms with Crippen LogP contribution < -0.4 is 4.90 Å². The molecule has 0 saturated carbocycles. The maximum absolute atomic E-state index is 13.4. The Morgan fingerprint density at radius 3 is 2.58 bits per heavy atom. The van der Waals surface area contributed by atoms with Gasteiger partial charge in [0.25, 0.3) is 0 Å². The van der Waals surface area contributed by atoms with Crippen LogP contribution in [0.3, 0.4) is 0 Å². The van der Waals surface area contributed by atoms with E-state index in [0.717, 1.165) is 69.0 Å². The fourth-order valence-corrected chi connectivity index (χ4v) is 6.11. The minimum Gasteiger partial charge on any atom is -0.464 e. The van der Waals surface area contributed by atoms with Gasteiger partial charge < -0.3 is 23.8 Å². The zero-order valence-electron chi connectivity index (χ0n) is 27.0. The van der Waals surface area contributed by atoms with E-state index in [0.29, 0.717) is 24.4 Å². The summed E-state index contributed by atoms with van der Waals surface area (Å²) in [7, 11) is 0. The quantitative estimate of drug-likeness (QED) is 0.331. The SMILES string of the molecule is CCOC(=O)C(OC(C)(C)C)c1c(C)nc2cc3nn2c1N1CCC(C)(CC1)OCCCCc1cc(C)ccc1COC3. The minimum atomic E-state index is -0.946. The van der Waals surface area contributed by atoms with E-state index in [1.807, 2.05) is 45.2 Å². The van der Waals surface area contributed by atoms with E-state index in [1.165, 1.54) is 16.7 Å². The zero-order valence-corrected chi connectivity index (χ0v) is 27.0. The molecule has 1 unspecified atom stereocenters. The number of anilines is 1. The van der Waals surface area contributed by atoms with Crippen molar-refractivity contribution in [1.29, 1.82) is 0 Å². The lowest BCUT2D eigenvalue weighted by Gasteiger charge is -2.41. The summed E-state index contributed by atoms with van der Waals surface area (Å²) in [6.45, 7) is 17.3. The van der Waals surface area contributed by atoms with Crippen molar-refractivity contribution < 1.29 is 23.7 Å². The Balaban J connectivity index is 1.59. The lowest BCUT2D eigenvalue weighted by atomic mass is 9.92. The summed E-state index contributed by atoms with van der Waals surface area (Å²) >= 11 is 0. The summed E-state index contributed by atoms with van der Waals surface area (Å²) in [5, 5.41) is 4.99. The summed E-state index contributed by atoms with van der Waals surface area (Å²) in [6, 6.07) is 8.58. The average molecular weight is 593 g/mol. The molecule has 3 aromatic rings. The van der Waals surface area contributed by atoms with E-state index in [1.54, 1.807) is 0 Å². The third-order valence-corrected chi connectivity index (χ3v) is 8.37. The summed E-state index contributed by atoms with van der Waals surface area (Å²) < 4.78 is 26.6. The lowest BCUT2D eigenvalue weighted by molar-refractivity contribution is -0.166. The van der Waals surface area contributed by atoms with Gasteiger partial charge in [-0.3, -0.25) is 0 Å². The van der Waals surface area contributed by atoms with E-state index in [2.05, 4.69) is 36.9 Å². The molecular formula is C34H48N4O5. The molecule has 3 aliphatic heterocycles. The number of nitrogens with zero attached hydrogens (tertiary/aromatic N) is 4. The third-order valence-electron chi connectivity index (χ3n) is 8.37. The molecule has 1 atom stereocenters. The fraction of sp³-hybridized carbons (Fsp3) is 0.618. The van der Waals surface area contributed by atoms with Crippen molar-refractivity contribution in [1.82, 2.24) is 14.6 Å². The number of esters is 1. The molecule has 0 amide bonds. The highest BCUT2D eigenvalue weighted by Crippen LogP contribution is 2.38. The Morgan fingerprint density at radius 2 is 1.86 bits per heavy atom. The Labute approximate surface area is 255 Å². The van der Waals surface area contributed by atoms with Gasteiger partial charge in [-0.25, -0.2) is 9.78 Å². The first kappa shape index (κ1) is 31.4. The highest BCUT2D eigenvalue weighted by molar-refractivity contribution is 5.80. The van der Waals surface area contributed by atoms with Gasteiger partial charge in [0.15, 0.2) is 11.8 Å². The van der Waals surface area contributed by atoms with E-state index in [9.17, 15) is 4.79 Å². The smallest absolute Gasteiger partial charge is 0.340 e. The van der Waals surface area contributed by atoms with Crippen LogP contribution in [0.15, 0.2) is 24.3 Å². The molecule has 1 aromatic carbocycles. The van der Waals surface area contributed by atoms with Gasteiger partial charge in [0.05, 0.1) is 42.3 Å². The number of rotatable bonds is 4. The Kier molecular flexibility index (Phi) is 9.44. The molecule has 0 radical (unpaired) electrons. The maximum atomic E-state index is 13.4. The molecule has 9 nitrogen and oxygen atoms in total. The van der Waals surface area contributed by atoms with Crippen LogP contribution >= 0.6 is 0 Å². The monoisotopic (exact) mass is 592 g/mol. The van der Waals surface area contributed by atoms with Gasteiger partial charge >= 0.3 is 5.97 Å². The average Bonchev–Trinajstić information content (AvgIpc) is 3.34. The zero-order chi connectivity index (χ0) is 30.8. The van der Waals surface area contributed by atoms with Crippen molar-refractivity contribution >= 4 is 17.4 Å². The van der Waals surface area contributed by atoms with Crippen LogP contribution in [0, 0.1) is 13.8 Å². The van der Waals surface area contributed by atoms with Crippen LogP contribution in [-0.4, -0.2) is 58.1 Å². The summed E-state index contributed by atoms with van der Waals surface area (Å²) in [5.41, 5.74) is 5.93. The second kappa shape index (κ2) is 12.9. The molecule has 1 saturated heterocycles. The number of fused-ring (bicyclic) bond motifs is 8. The summed E-state index contributed by atoms with van der Waals surface area (Å²) in [4.78, 5) is 20.7. The maximum Gasteiger partial charge on any atom is 0.340 e. The second-order valence-electron chi connectivity index (χ2n) is 13.2. The minimum absolute atomic E-state index is 0.205. The van der Waals surface area contributed by atoms with Crippen molar-refractivity contribution in [3.8, 4) is 0 Å². The first-order valence-corrected chi connectivity index (χ1v) is 15.7. The summed E-state index contributed by atoms with van der Waals surface area (Å²) in [5.74, 6) is 0.396. The van der Waals surface area contributed by atoms with Crippen molar-refractivity contribution in [2.75, 3.05) is 31.2 Å². The number of carbonyl (C=O) groups excluding carboxylic acids is 1. The number of hydrogen-bond acceptors (Lipinski definition) is 8. The summed E-state index contributed by atoms with van der Waals surface area (Å²) in [6.07, 6.45) is 3.87. The van der Waals surface area contributed by atoms with Gasteiger partial charge in [0, 0.05) is 31.5 Å². The van der Waals surface area contributed by atoms with Crippen LogP contribution in [0.25, 0.3) is 5.65 Å². The molecule has 4 bridgehead atoms. The molecule has 6 rings (SSSR count). The number of hydrogen-bond donors (Lipinski definition) is 0. The molecule has 234 valence electrons. The van der Waals surface area contributed by atoms with E-state index < -0.39 is 17.7 Å². The third kappa shape index (κ3) is 7.39. The lowest BCUT2D eigenvalue weighted by Crippen LogP contribution is -2.46.